The van der Waals surface area contributed by atoms with Crippen LogP contribution in [0.1, 0.15) is 26.3 Å². The molecule has 6 heteroatoms. The van der Waals surface area contributed by atoms with E-state index in [9.17, 15) is 8.42 Å². The Morgan fingerprint density at radius 3 is 2.42 bits per heavy atom. The second-order valence-electron chi connectivity index (χ2n) is 4.75. The molecule has 0 radical (unpaired) electrons. The van der Waals surface area contributed by atoms with Crippen LogP contribution >= 0.6 is 27.5 Å². The van der Waals surface area contributed by atoms with Crippen molar-refractivity contribution in [1.29, 1.82) is 0 Å². The molecule has 19 heavy (non-hydrogen) atoms. The molecule has 0 fully saturated rings. The molecule has 0 saturated carbocycles. The SMILES string of the molecule is CCN(CC(C)C)S(=O)(=O)c1ccc(CCl)cc1Br. The second kappa shape index (κ2) is 7.07. The van der Waals surface area contributed by atoms with E-state index in [4.69, 9.17) is 11.6 Å². The summed E-state index contributed by atoms with van der Waals surface area (Å²) >= 11 is 9.07. The predicted molar refractivity (Wildman–Crippen MR) is 83.0 cm³/mol. The Morgan fingerprint density at radius 2 is 2.00 bits per heavy atom. The van der Waals surface area contributed by atoms with Crippen molar-refractivity contribution in [2.75, 3.05) is 13.1 Å². The molecular weight excluding hydrogens is 350 g/mol. The van der Waals surface area contributed by atoms with E-state index in [-0.39, 0.29) is 5.92 Å². The van der Waals surface area contributed by atoms with Crippen LogP contribution in [-0.4, -0.2) is 25.8 Å². The van der Waals surface area contributed by atoms with E-state index in [0.717, 1.165) is 5.56 Å². The largest absolute Gasteiger partial charge is 0.244 e. The minimum Gasteiger partial charge on any atom is -0.207 e. The molecule has 0 amide bonds. The summed E-state index contributed by atoms with van der Waals surface area (Å²) in [6, 6.07) is 5.11. The zero-order valence-corrected chi connectivity index (χ0v) is 14.5. The molecule has 0 aromatic heterocycles. The first kappa shape index (κ1) is 17.0. The van der Waals surface area contributed by atoms with Gasteiger partial charge in [0.25, 0.3) is 0 Å². The van der Waals surface area contributed by atoms with Crippen molar-refractivity contribution >= 4 is 37.6 Å². The number of alkyl halides is 1. The maximum absolute atomic E-state index is 12.6. The summed E-state index contributed by atoms with van der Waals surface area (Å²) in [5.74, 6) is 0.651. The van der Waals surface area contributed by atoms with Crippen molar-refractivity contribution in [3.63, 3.8) is 0 Å². The quantitative estimate of drug-likeness (QED) is 0.715. The fourth-order valence-electron chi connectivity index (χ4n) is 1.78. The third-order valence-electron chi connectivity index (χ3n) is 2.69. The van der Waals surface area contributed by atoms with E-state index in [1.807, 2.05) is 20.8 Å². The van der Waals surface area contributed by atoms with Crippen molar-refractivity contribution in [2.45, 2.75) is 31.5 Å². The molecule has 108 valence electrons. The summed E-state index contributed by atoms with van der Waals surface area (Å²) in [5.41, 5.74) is 0.888. The molecule has 0 unspecified atom stereocenters. The summed E-state index contributed by atoms with van der Waals surface area (Å²) in [5, 5.41) is 0. The van der Waals surface area contributed by atoms with Crippen LogP contribution in [-0.2, 0) is 15.9 Å². The highest BCUT2D eigenvalue weighted by molar-refractivity contribution is 9.10. The summed E-state index contributed by atoms with van der Waals surface area (Å²) in [6.07, 6.45) is 0. The number of rotatable bonds is 6. The van der Waals surface area contributed by atoms with Crippen LogP contribution in [0.5, 0.6) is 0 Å². The first-order chi connectivity index (χ1) is 8.82. The van der Waals surface area contributed by atoms with Gasteiger partial charge in [-0.3, -0.25) is 0 Å². The molecule has 0 N–H and O–H groups in total. The summed E-state index contributed by atoms with van der Waals surface area (Å²) < 4.78 is 27.2. The monoisotopic (exact) mass is 367 g/mol. The lowest BCUT2D eigenvalue weighted by molar-refractivity contribution is 0.380. The molecule has 0 bridgehead atoms. The number of hydrogen-bond donors (Lipinski definition) is 0. The molecule has 0 aliphatic heterocycles. The van der Waals surface area contributed by atoms with E-state index in [1.165, 1.54) is 4.31 Å². The minimum absolute atomic E-state index is 0.288. The highest BCUT2D eigenvalue weighted by Crippen LogP contribution is 2.27. The zero-order chi connectivity index (χ0) is 14.6. The lowest BCUT2D eigenvalue weighted by Gasteiger charge is -2.23. The Balaban J connectivity index is 3.18. The van der Waals surface area contributed by atoms with Gasteiger partial charge in [0, 0.05) is 23.4 Å². The number of nitrogens with zero attached hydrogens (tertiary/aromatic N) is 1. The van der Waals surface area contributed by atoms with Gasteiger partial charge in [0.2, 0.25) is 10.0 Å². The van der Waals surface area contributed by atoms with Gasteiger partial charge in [-0.05, 0) is 39.5 Å². The van der Waals surface area contributed by atoms with Gasteiger partial charge in [0.15, 0.2) is 0 Å². The van der Waals surface area contributed by atoms with Crippen molar-refractivity contribution in [3.8, 4) is 0 Å². The van der Waals surface area contributed by atoms with Gasteiger partial charge in [-0.15, -0.1) is 11.6 Å². The Bertz CT molecular complexity index is 531. The molecule has 3 nitrogen and oxygen atoms in total. The smallest absolute Gasteiger partial charge is 0.207 e. The molecule has 0 atom stereocenters. The number of sulfonamides is 1. The lowest BCUT2D eigenvalue weighted by Crippen LogP contribution is -2.34. The Morgan fingerprint density at radius 1 is 1.37 bits per heavy atom. The zero-order valence-electron chi connectivity index (χ0n) is 11.4. The first-order valence-electron chi connectivity index (χ1n) is 6.17. The Kier molecular flexibility index (Phi) is 6.30. The maximum atomic E-state index is 12.6. The average molecular weight is 369 g/mol. The average Bonchev–Trinajstić information content (AvgIpc) is 2.34. The molecule has 0 heterocycles. The van der Waals surface area contributed by atoms with Crippen LogP contribution in [0.4, 0.5) is 0 Å². The fourth-order valence-corrected chi connectivity index (χ4v) is 4.64. The van der Waals surface area contributed by atoms with Crippen LogP contribution in [0.2, 0.25) is 0 Å². The lowest BCUT2D eigenvalue weighted by atomic mass is 10.2. The molecule has 0 aliphatic carbocycles. The number of hydrogen-bond acceptors (Lipinski definition) is 2. The van der Waals surface area contributed by atoms with Gasteiger partial charge in [0.1, 0.15) is 0 Å². The van der Waals surface area contributed by atoms with Crippen molar-refractivity contribution in [2.24, 2.45) is 5.92 Å². The summed E-state index contributed by atoms with van der Waals surface area (Å²) in [7, 11) is -3.46. The second-order valence-corrected chi connectivity index (χ2v) is 7.78. The van der Waals surface area contributed by atoms with E-state index in [1.54, 1.807) is 18.2 Å². The minimum atomic E-state index is -3.46. The van der Waals surface area contributed by atoms with E-state index >= 15 is 0 Å². The molecule has 0 aliphatic rings. The third kappa shape index (κ3) is 4.18. The van der Waals surface area contributed by atoms with Crippen LogP contribution in [0.3, 0.4) is 0 Å². The summed E-state index contributed by atoms with van der Waals surface area (Å²) in [4.78, 5) is 0.295. The molecule has 0 spiro atoms. The van der Waals surface area contributed by atoms with Gasteiger partial charge in [-0.25, -0.2) is 8.42 Å². The third-order valence-corrected chi connectivity index (χ3v) is 5.92. The van der Waals surface area contributed by atoms with E-state index in [2.05, 4.69) is 15.9 Å². The van der Waals surface area contributed by atoms with Crippen LogP contribution < -0.4 is 0 Å². The number of halogens is 2. The van der Waals surface area contributed by atoms with Crippen molar-refractivity contribution in [1.82, 2.24) is 4.31 Å². The van der Waals surface area contributed by atoms with Crippen molar-refractivity contribution < 1.29 is 8.42 Å². The number of benzene rings is 1. The maximum Gasteiger partial charge on any atom is 0.244 e. The van der Waals surface area contributed by atoms with Crippen LogP contribution in [0.25, 0.3) is 0 Å². The van der Waals surface area contributed by atoms with Gasteiger partial charge in [-0.1, -0.05) is 26.8 Å². The normalized spacial score (nSPS) is 12.4. The van der Waals surface area contributed by atoms with Gasteiger partial charge in [-0.2, -0.15) is 4.31 Å². The summed E-state index contributed by atoms with van der Waals surface area (Å²) in [6.45, 7) is 6.83. The fraction of sp³-hybridized carbons (Fsp3) is 0.538. The van der Waals surface area contributed by atoms with Gasteiger partial charge in [0.05, 0.1) is 4.90 Å². The molecule has 1 aromatic carbocycles. The molecule has 0 saturated heterocycles. The highest BCUT2D eigenvalue weighted by Gasteiger charge is 2.25. The molecule has 1 aromatic rings. The van der Waals surface area contributed by atoms with Gasteiger partial charge < -0.3 is 0 Å². The Hall–Kier alpha value is -0.100. The standard InChI is InChI=1S/C13H19BrClNO2S/c1-4-16(9-10(2)3)19(17,18)13-6-5-11(8-15)7-12(13)14/h5-7,10H,4,8-9H2,1-3H3. The van der Waals surface area contributed by atoms with Crippen molar-refractivity contribution in [3.05, 3.63) is 28.2 Å². The first-order valence-corrected chi connectivity index (χ1v) is 8.94. The van der Waals surface area contributed by atoms with E-state index < -0.39 is 10.0 Å². The Labute approximate surface area is 129 Å². The van der Waals surface area contributed by atoms with E-state index in [0.29, 0.717) is 28.3 Å². The van der Waals surface area contributed by atoms with Crippen LogP contribution in [0.15, 0.2) is 27.6 Å². The van der Waals surface area contributed by atoms with Crippen LogP contribution in [0, 0.1) is 5.92 Å². The highest BCUT2D eigenvalue weighted by atomic mass is 79.9. The predicted octanol–water partition coefficient (Wildman–Crippen LogP) is 3.85. The molecular formula is C13H19BrClNO2S. The molecule has 1 rings (SSSR count). The topological polar surface area (TPSA) is 37.4 Å². The van der Waals surface area contributed by atoms with Gasteiger partial charge >= 0.3 is 0 Å².